The first-order chi connectivity index (χ1) is 11.0. The maximum absolute atomic E-state index is 10.6. The Kier molecular flexibility index (Phi) is 6.75. The number of nitrogens with zero attached hydrogens (tertiary/aromatic N) is 2. The van der Waals surface area contributed by atoms with Crippen LogP contribution in [0.2, 0.25) is 0 Å². The summed E-state index contributed by atoms with van der Waals surface area (Å²) in [6.45, 7) is 3.97. The number of aryl methyl sites for hydroxylation is 2. The van der Waals surface area contributed by atoms with E-state index in [9.17, 15) is 13.2 Å². The van der Waals surface area contributed by atoms with Crippen molar-refractivity contribution in [3.8, 4) is 0 Å². The number of nitrogens with one attached hydrogen (secondary N) is 1. The van der Waals surface area contributed by atoms with E-state index in [-0.39, 0.29) is 5.95 Å². The van der Waals surface area contributed by atoms with E-state index < -0.39 is 12.1 Å². The lowest BCUT2D eigenvalue weighted by Gasteiger charge is -2.08. The third kappa shape index (κ3) is 6.56. The zero-order chi connectivity index (χ0) is 18.5. The summed E-state index contributed by atoms with van der Waals surface area (Å²) in [7, 11) is 0. The fraction of sp³-hybridized carbons (Fsp3) is 0.214. The molecule has 24 heavy (non-hydrogen) atoms. The number of nitrogen functional groups attached to an aromatic ring is 1. The van der Waals surface area contributed by atoms with Gasteiger partial charge in [-0.3, -0.25) is 0 Å². The van der Waals surface area contributed by atoms with Crippen molar-refractivity contribution in [2.75, 3.05) is 11.1 Å². The summed E-state index contributed by atoms with van der Waals surface area (Å²) in [5.41, 5.74) is 8.71. The number of benzene rings is 1. The highest BCUT2D eigenvalue weighted by molar-refractivity contribution is 14.1. The van der Waals surface area contributed by atoms with E-state index >= 15 is 0 Å². The second-order valence-electron chi connectivity index (χ2n) is 4.64. The molecule has 130 valence electrons. The van der Waals surface area contributed by atoms with Gasteiger partial charge in [0.2, 0.25) is 5.95 Å². The molecule has 0 bridgehead atoms. The molecule has 2 rings (SSSR count). The van der Waals surface area contributed by atoms with Crippen LogP contribution in [0.3, 0.4) is 0 Å². The average Bonchev–Trinajstić information content (AvgIpc) is 2.41. The molecule has 4 N–H and O–H groups in total. The van der Waals surface area contributed by atoms with E-state index in [1.807, 2.05) is 19.1 Å². The van der Waals surface area contributed by atoms with Crippen molar-refractivity contribution in [3.63, 3.8) is 0 Å². The molecule has 1 heterocycles. The first-order valence-electron chi connectivity index (χ1n) is 6.43. The highest BCUT2D eigenvalue weighted by Crippen LogP contribution is 2.20. The predicted molar refractivity (Wildman–Crippen MR) is 92.1 cm³/mol. The van der Waals surface area contributed by atoms with Crippen LogP contribution in [0, 0.1) is 17.4 Å². The third-order valence-electron chi connectivity index (χ3n) is 2.56. The number of carboxylic acids is 1. The standard InChI is InChI=1S/C12H13IN4.C2HF3O2/c1-7-3-4-9(6-10(7)13)16-11-5-8(2)15-12(14)17-11;3-2(4,5)1(6)7/h3-6H,1-2H3,(H3,14,15,16,17);(H,6,7). The normalized spacial score (nSPS) is 10.6. The summed E-state index contributed by atoms with van der Waals surface area (Å²) in [4.78, 5) is 17.1. The number of hydrogen-bond donors (Lipinski definition) is 3. The van der Waals surface area contributed by atoms with Crippen LogP contribution in [0.25, 0.3) is 0 Å². The average molecular weight is 454 g/mol. The van der Waals surface area contributed by atoms with E-state index in [2.05, 4.69) is 56.9 Å². The Bertz CT molecular complexity index is 718. The molecule has 0 fully saturated rings. The first-order valence-corrected chi connectivity index (χ1v) is 7.51. The maximum Gasteiger partial charge on any atom is 0.490 e. The smallest absolute Gasteiger partial charge is 0.475 e. The summed E-state index contributed by atoms with van der Waals surface area (Å²) in [5.74, 6) is -1.75. The molecule has 6 nitrogen and oxygen atoms in total. The molecule has 0 amide bonds. The zero-order valence-electron chi connectivity index (χ0n) is 12.6. The molecular formula is C14H14F3IN4O2. The van der Waals surface area contributed by atoms with Gasteiger partial charge in [0.15, 0.2) is 0 Å². The lowest BCUT2D eigenvalue weighted by molar-refractivity contribution is -0.192. The van der Waals surface area contributed by atoms with Gasteiger partial charge in [-0.1, -0.05) is 6.07 Å². The van der Waals surface area contributed by atoms with Gasteiger partial charge in [-0.05, 0) is 54.1 Å². The van der Waals surface area contributed by atoms with Crippen molar-refractivity contribution in [3.05, 3.63) is 39.1 Å². The molecule has 0 atom stereocenters. The Morgan fingerprint density at radius 3 is 2.29 bits per heavy atom. The van der Waals surface area contributed by atoms with E-state index in [1.165, 1.54) is 9.13 Å². The van der Waals surface area contributed by atoms with Crippen molar-refractivity contribution >= 4 is 46.0 Å². The van der Waals surface area contributed by atoms with Crippen molar-refractivity contribution in [1.29, 1.82) is 0 Å². The fourth-order valence-electron chi connectivity index (χ4n) is 1.47. The van der Waals surface area contributed by atoms with Crippen LogP contribution < -0.4 is 11.1 Å². The Morgan fingerprint density at radius 1 is 1.25 bits per heavy atom. The summed E-state index contributed by atoms with van der Waals surface area (Å²) in [6.07, 6.45) is -5.08. The monoisotopic (exact) mass is 454 g/mol. The van der Waals surface area contributed by atoms with Gasteiger partial charge >= 0.3 is 12.1 Å². The van der Waals surface area contributed by atoms with Crippen molar-refractivity contribution in [2.24, 2.45) is 0 Å². The van der Waals surface area contributed by atoms with Crippen LogP contribution in [0.5, 0.6) is 0 Å². The van der Waals surface area contributed by atoms with E-state index in [0.29, 0.717) is 0 Å². The number of rotatable bonds is 2. The number of anilines is 3. The topological polar surface area (TPSA) is 101 Å². The molecule has 0 aliphatic carbocycles. The molecule has 0 aliphatic rings. The summed E-state index contributed by atoms with van der Waals surface area (Å²) >= 11 is 2.31. The quantitative estimate of drug-likeness (QED) is 0.599. The lowest BCUT2D eigenvalue weighted by atomic mass is 10.2. The van der Waals surface area contributed by atoms with E-state index in [4.69, 9.17) is 15.6 Å². The highest BCUT2D eigenvalue weighted by atomic mass is 127. The molecule has 2 aromatic rings. The summed E-state index contributed by atoms with van der Waals surface area (Å²) < 4.78 is 33.0. The minimum atomic E-state index is -5.08. The van der Waals surface area contributed by atoms with Crippen molar-refractivity contribution in [1.82, 2.24) is 9.97 Å². The number of alkyl halides is 3. The highest BCUT2D eigenvalue weighted by Gasteiger charge is 2.38. The predicted octanol–water partition coefficient (Wildman–Crippen LogP) is 3.66. The van der Waals surface area contributed by atoms with Gasteiger partial charge in [-0.2, -0.15) is 18.2 Å². The van der Waals surface area contributed by atoms with Gasteiger partial charge in [0.05, 0.1) is 0 Å². The first kappa shape index (κ1) is 19.9. The molecular weight excluding hydrogens is 440 g/mol. The number of aliphatic carboxylic acids is 1. The number of aromatic nitrogens is 2. The maximum atomic E-state index is 10.6. The van der Waals surface area contributed by atoms with Gasteiger partial charge < -0.3 is 16.2 Å². The molecule has 0 unspecified atom stereocenters. The largest absolute Gasteiger partial charge is 0.490 e. The molecule has 10 heteroatoms. The fourth-order valence-corrected chi connectivity index (χ4v) is 1.99. The molecule has 0 spiro atoms. The molecule has 1 aromatic carbocycles. The molecule has 0 aliphatic heterocycles. The van der Waals surface area contributed by atoms with Crippen molar-refractivity contribution < 1.29 is 23.1 Å². The van der Waals surface area contributed by atoms with Crippen LogP contribution >= 0.6 is 22.6 Å². The van der Waals surface area contributed by atoms with Crippen molar-refractivity contribution in [2.45, 2.75) is 20.0 Å². The number of carboxylic acid groups (broad SMARTS) is 1. The van der Waals surface area contributed by atoms with Crippen LogP contribution in [-0.2, 0) is 4.79 Å². The van der Waals surface area contributed by atoms with Gasteiger partial charge in [-0.25, -0.2) is 9.78 Å². The van der Waals surface area contributed by atoms with E-state index in [0.717, 1.165) is 17.2 Å². The zero-order valence-corrected chi connectivity index (χ0v) is 14.8. The SMILES string of the molecule is Cc1cc(Nc2ccc(C)c(I)c2)nc(N)n1.O=C(O)C(F)(F)F. The van der Waals surface area contributed by atoms with Crippen LogP contribution in [0.15, 0.2) is 24.3 Å². The second kappa shape index (κ2) is 8.13. The summed E-state index contributed by atoms with van der Waals surface area (Å²) in [6, 6.07) is 8.03. The number of hydrogen-bond acceptors (Lipinski definition) is 5. The lowest BCUT2D eigenvalue weighted by Crippen LogP contribution is -2.21. The van der Waals surface area contributed by atoms with Gasteiger partial charge in [0, 0.05) is 21.0 Å². The Labute approximate surface area is 149 Å². The van der Waals surface area contributed by atoms with E-state index in [1.54, 1.807) is 0 Å². The summed E-state index contributed by atoms with van der Waals surface area (Å²) in [5, 5.41) is 10.3. The second-order valence-corrected chi connectivity index (χ2v) is 5.81. The van der Waals surface area contributed by atoms with Crippen LogP contribution in [0.1, 0.15) is 11.3 Å². The van der Waals surface area contributed by atoms with Gasteiger partial charge in [0.25, 0.3) is 0 Å². The number of halogens is 4. The van der Waals surface area contributed by atoms with Crippen LogP contribution in [0.4, 0.5) is 30.6 Å². The van der Waals surface area contributed by atoms with Gasteiger partial charge in [0.1, 0.15) is 5.82 Å². The number of carbonyl (C=O) groups is 1. The number of nitrogens with two attached hydrogens (primary N) is 1. The Balaban J connectivity index is 0.000000351. The molecule has 0 saturated heterocycles. The third-order valence-corrected chi connectivity index (χ3v) is 3.72. The Morgan fingerprint density at radius 2 is 1.83 bits per heavy atom. The molecule has 0 saturated carbocycles. The minimum Gasteiger partial charge on any atom is -0.475 e. The van der Waals surface area contributed by atoms with Gasteiger partial charge in [-0.15, -0.1) is 0 Å². The van der Waals surface area contributed by atoms with Crippen LogP contribution in [-0.4, -0.2) is 27.2 Å². The molecule has 1 aromatic heterocycles. The Hall–Kier alpha value is -2.11. The minimum absolute atomic E-state index is 0.286. The molecule has 0 radical (unpaired) electrons.